The summed E-state index contributed by atoms with van der Waals surface area (Å²) in [6.07, 6.45) is 3.44. The van der Waals surface area contributed by atoms with Gasteiger partial charge in [-0.15, -0.1) is 0 Å². The molecule has 0 aliphatic rings. The molecular weight excluding hydrogens is 231 g/mol. The Labute approximate surface area is 98.1 Å². The highest BCUT2D eigenvalue weighted by Crippen LogP contribution is 2.13. The molecule has 0 unspecified atom stereocenters. The highest BCUT2D eigenvalue weighted by atomic mass is 35.5. The Balaban J connectivity index is 2.29. The Kier molecular flexibility index (Phi) is 3.19. The van der Waals surface area contributed by atoms with Gasteiger partial charge in [-0.2, -0.15) is 4.57 Å². The molecule has 0 aliphatic carbocycles. The van der Waals surface area contributed by atoms with Crippen LogP contribution < -0.4 is 4.57 Å². The van der Waals surface area contributed by atoms with Crippen LogP contribution in [-0.2, 0) is 6.54 Å². The highest BCUT2D eigenvalue weighted by Gasteiger charge is 2.13. The maximum Gasteiger partial charge on any atom is 0.313 e. The molecule has 4 heteroatoms. The topological polar surface area (TPSA) is 16.8 Å². The fourth-order valence-corrected chi connectivity index (χ4v) is 1.65. The Morgan fingerprint density at radius 2 is 1.87 bits per heavy atom. The fourth-order valence-electron chi connectivity index (χ4n) is 1.32. The lowest BCUT2D eigenvalue weighted by Gasteiger charge is -1.99. The minimum Gasteiger partial charge on any atom is -0.231 e. The molecule has 1 heterocycles. The number of hydrogen-bond acceptors (Lipinski definition) is 1. The summed E-state index contributed by atoms with van der Waals surface area (Å²) in [6, 6.07) is 10.0. The molecule has 15 heavy (non-hydrogen) atoms. The molecule has 2 rings (SSSR count). The average molecular weight is 240 g/mol. The van der Waals surface area contributed by atoms with Crippen molar-refractivity contribution in [2.75, 3.05) is 0 Å². The molecule has 0 saturated carbocycles. The molecule has 0 N–H and O–H groups in total. The number of hydrogen-bond donors (Lipinski definition) is 0. The van der Waals surface area contributed by atoms with Crippen LogP contribution in [0.5, 0.6) is 0 Å². The Bertz CT molecular complexity index is 457. The van der Waals surface area contributed by atoms with Crippen molar-refractivity contribution in [3.63, 3.8) is 0 Å². The second kappa shape index (κ2) is 4.60. The van der Waals surface area contributed by atoms with Gasteiger partial charge in [-0.3, -0.25) is 0 Å². The second-order valence-corrected chi connectivity index (χ2v) is 3.84. The monoisotopic (exact) mass is 239 g/mol. The van der Waals surface area contributed by atoms with E-state index in [1.807, 2.05) is 34.9 Å². The van der Waals surface area contributed by atoms with E-state index in [4.69, 9.17) is 23.2 Å². The van der Waals surface area contributed by atoms with Crippen molar-refractivity contribution in [3.05, 3.63) is 58.6 Å². The molecule has 76 valence electrons. The first-order valence-electron chi connectivity index (χ1n) is 4.51. The van der Waals surface area contributed by atoms with Gasteiger partial charge in [0.15, 0.2) is 12.7 Å². The molecule has 0 spiro atoms. The van der Waals surface area contributed by atoms with Crippen LogP contribution in [0.15, 0.2) is 42.7 Å². The van der Waals surface area contributed by atoms with Crippen molar-refractivity contribution < 1.29 is 4.57 Å². The molecular formula is C11H9Cl2N2+. The van der Waals surface area contributed by atoms with Crippen LogP contribution in [0, 0.1) is 0 Å². The summed E-state index contributed by atoms with van der Waals surface area (Å²) in [4.78, 5) is 3.89. The summed E-state index contributed by atoms with van der Waals surface area (Å²) in [5.74, 6) is 0. The Hall–Kier alpha value is -1.12. The summed E-state index contributed by atoms with van der Waals surface area (Å²) in [7, 11) is 0. The lowest BCUT2D eigenvalue weighted by atomic mass is 10.2. The van der Waals surface area contributed by atoms with Crippen LogP contribution in [-0.4, -0.2) is 4.98 Å². The molecule has 0 amide bonds. The molecule has 2 nitrogen and oxygen atoms in total. The van der Waals surface area contributed by atoms with E-state index >= 15 is 0 Å². The summed E-state index contributed by atoms with van der Waals surface area (Å²) in [5.41, 5.74) is 1.17. The van der Waals surface area contributed by atoms with E-state index in [-0.39, 0.29) is 0 Å². The van der Waals surface area contributed by atoms with Gasteiger partial charge in [-0.25, -0.2) is 4.98 Å². The summed E-state index contributed by atoms with van der Waals surface area (Å²) < 4.78 is 1.85. The standard InChI is InChI=1S/C11H9Cl2N2/c12-10-11(13)15(7-6-14-10)8-9-4-2-1-3-5-9/h1-7H,8H2/q+1. The van der Waals surface area contributed by atoms with Crippen molar-refractivity contribution >= 4 is 23.2 Å². The Morgan fingerprint density at radius 1 is 1.13 bits per heavy atom. The number of aromatic nitrogens is 2. The maximum atomic E-state index is 6.01. The molecule has 0 fully saturated rings. The van der Waals surface area contributed by atoms with Gasteiger partial charge in [-0.1, -0.05) is 41.9 Å². The molecule has 2 aromatic rings. The highest BCUT2D eigenvalue weighted by molar-refractivity contribution is 6.39. The third kappa shape index (κ3) is 2.46. The van der Waals surface area contributed by atoms with Gasteiger partial charge < -0.3 is 0 Å². The number of rotatable bonds is 2. The lowest BCUT2D eigenvalue weighted by Crippen LogP contribution is -2.35. The van der Waals surface area contributed by atoms with Gasteiger partial charge in [0.2, 0.25) is 5.15 Å². The Morgan fingerprint density at radius 3 is 2.60 bits per heavy atom. The van der Waals surface area contributed by atoms with Gasteiger partial charge in [0.25, 0.3) is 0 Å². The summed E-state index contributed by atoms with van der Waals surface area (Å²) in [6.45, 7) is 0.696. The number of benzene rings is 1. The molecule has 1 aromatic carbocycles. The van der Waals surface area contributed by atoms with Crippen molar-refractivity contribution in [2.24, 2.45) is 0 Å². The molecule has 0 radical (unpaired) electrons. The van der Waals surface area contributed by atoms with Crippen molar-refractivity contribution in [1.29, 1.82) is 0 Å². The maximum absolute atomic E-state index is 6.01. The predicted molar refractivity (Wildman–Crippen MR) is 60.0 cm³/mol. The third-order valence-corrected chi connectivity index (χ3v) is 2.82. The number of halogens is 2. The minimum absolute atomic E-state index is 0.329. The minimum atomic E-state index is 0.329. The second-order valence-electron chi connectivity index (χ2n) is 3.12. The van der Waals surface area contributed by atoms with E-state index in [0.29, 0.717) is 16.9 Å². The van der Waals surface area contributed by atoms with Gasteiger partial charge in [0.05, 0.1) is 6.20 Å². The van der Waals surface area contributed by atoms with Gasteiger partial charge in [-0.05, 0) is 11.6 Å². The van der Waals surface area contributed by atoms with Crippen LogP contribution in [0.2, 0.25) is 10.3 Å². The summed E-state index contributed by atoms with van der Waals surface area (Å²) >= 11 is 11.8. The molecule has 0 bridgehead atoms. The third-order valence-electron chi connectivity index (χ3n) is 2.05. The molecule has 0 aliphatic heterocycles. The van der Waals surface area contributed by atoms with Crippen molar-refractivity contribution in [1.82, 2.24) is 4.98 Å². The first-order chi connectivity index (χ1) is 7.27. The van der Waals surface area contributed by atoms with E-state index in [9.17, 15) is 0 Å². The normalized spacial score (nSPS) is 10.3. The van der Waals surface area contributed by atoms with Crippen LogP contribution in [0.1, 0.15) is 5.56 Å². The van der Waals surface area contributed by atoms with Crippen LogP contribution in [0.3, 0.4) is 0 Å². The van der Waals surface area contributed by atoms with Crippen LogP contribution in [0.25, 0.3) is 0 Å². The van der Waals surface area contributed by atoms with Gasteiger partial charge in [0, 0.05) is 5.56 Å². The van der Waals surface area contributed by atoms with E-state index in [2.05, 4.69) is 4.98 Å². The average Bonchev–Trinajstić information content (AvgIpc) is 2.26. The van der Waals surface area contributed by atoms with E-state index < -0.39 is 0 Å². The van der Waals surface area contributed by atoms with Crippen LogP contribution >= 0.6 is 23.2 Å². The SMILES string of the molecule is Clc1ncc[n+](Cc2ccccc2)c1Cl. The molecule has 1 aromatic heterocycles. The van der Waals surface area contributed by atoms with Crippen LogP contribution in [0.4, 0.5) is 0 Å². The van der Waals surface area contributed by atoms with E-state index in [1.165, 1.54) is 5.56 Å². The largest absolute Gasteiger partial charge is 0.313 e. The molecule has 0 saturated heterocycles. The van der Waals surface area contributed by atoms with E-state index in [0.717, 1.165) is 0 Å². The zero-order valence-electron chi connectivity index (χ0n) is 7.90. The fraction of sp³-hybridized carbons (Fsp3) is 0.0909. The van der Waals surface area contributed by atoms with Gasteiger partial charge >= 0.3 is 5.15 Å². The first kappa shape index (κ1) is 10.4. The zero-order chi connectivity index (χ0) is 10.7. The predicted octanol–water partition coefficient (Wildman–Crippen LogP) is 2.72. The summed E-state index contributed by atoms with van der Waals surface area (Å²) in [5, 5.41) is 0.790. The molecule has 0 atom stereocenters. The van der Waals surface area contributed by atoms with Crippen molar-refractivity contribution in [3.8, 4) is 0 Å². The van der Waals surface area contributed by atoms with E-state index in [1.54, 1.807) is 12.4 Å². The zero-order valence-corrected chi connectivity index (χ0v) is 9.41. The smallest absolute Gasteiger partial charge is 0.231 e. The first-order valence-corrected chi connectivity index (χ1v) is 5.26. The van der Waals surface area contributed by atoms with Gasteiger partial charge in [0.1, 0.15) is 0 Å². The lowest BCUT2D eigenvalue weighted by molar-refractivity contribution is -0.686. The number of nitrogens with zero attached hydrogens (tertiary/aromatic N) is 2. The quantitative estimate of drug-likeness (QED) is 0.737. The van der Waals surface area contributed by atoms with Crippen molar-refractivity contribution in [2.45, 2.75) is 6.54 Å².